The third-order valence-corrected chi connectivity index (χ3v) is 6.21. The van der Waals surface area contributed by atoms with Crippen LogP contribution in [-0.4, -0.2) is 39.0 Å². The number of anilines is 1. The molecule has 0 saturated heterocycles. The summed E-state index contributed by atoms with van der Waals surface area (Å²) in [4.78, 5) is 0.334. The molecule has 0 spiro atoms. The molecule has 1 saturated carbocycles. The van der Waals surface area contributed by atoms with Crippen LogP contribution in [0.5, 0.6) is 0 Å². The monoisotopic (exact) mass is 312 g/mol. The molecule has 0 aliphatic heterocycles. The molecule has 1 atom stereocenters. The molecule has 5 nitrogen and oxygen atoms in total. The Balaban J connectivity index is 2.35. The Hall–Kier alpha value is -1.11. The highest BCUT2D eigenvalue weighted by Crippen LogP contribution is 2.37. The highest BCUT2D eigenvalue weighted by molar-refractivity contribution is 7.89. The fourth-order valence-electron chi connectivity index (χ4n) is 2.63. The van der Waals surface area contributed by atoms with E-state index < -0.39 is 10.0 Å². The van der Waals surface area contributed by atoms with Crippen molar-refractivity contribution in [1.29, 1.82) is 0 Å². The molecule has 1 fully saturated rings. The topological polar surface area (TPSA) is 72.6 Å². The van der Waals surface area contributed by atoms with Crippen LogP contribution in [0.2, 0.25) is 0 Å². The first-order chi connectivity index (χ1) is 9.87. The van der Waals surface area contributed by atoms with Gasteiger partial charge in [-0.25, -0.2) is 8.42 Å². The van der Waals surface area contributed by atoms with Crippen LogP contribution in [0.1, 0.15) is 25.3 Å². The van der Waals surface area contributed by atoms with Gasteiger partial charge in [-0.15, -0.1) is 0 Å². The van der Waals surface area contributed by atoms with Gasteiger partial charge in [0, 0.05) is 25.4 Å². The maximum Gasteiger partial charge on any atom is 0.243 e. The Labute approximate surface area is 127 Å². The van der Waals surface area contributed by atoms with E-state index in [9.17, 15) is 8.42 Å². The van der Waals surface area contributed by atoms with Crippen LogP contribution < -0.4 is 5.73 Å². The number of nitrogens with two attached hydrogens (primary N) is 1. The number of nitrogen functional groups attached to an aromatic ring is 1. The van der Waals surface area contributed by atoms with Crippen LogP contribution in [0, 0.1) is 12.8 Å². The summed E-state index contributed by atoms with van der Waals surface area (Å²) in [7, 11) is -1.94. The molecule has 118 valence electrons. The van der Waals surface area contributed by atoms with Gasteiger partial charge in [0.2, 0.25) is 10.0 Å². The molecule has 0 radical (unpaired) electrons. The highest BCUT2D eigenvalue weighted by atomic mass is 32.2. The Bertz CT molecular complexity index is 597. The number of ether oxygens (including phenoxy) is 1. The van der Waals surface area contributed by atoms with E-state index in [4.69, 9.17) is 10.5 Å². The molecule has 1 aliphatic carbocycles. The van der Waals surface area contributed by atoms with E-state index in [2.05, 4.69) is 0 Å². The van der Waals surface area contributed by atoms with E-state index in [0.29, 0.717) is 35.2 Å². The lowest BCUT2D eigenvalue weighted by atomic mass is 10.2. The first-order valence-corrected chi connectivity index (χ1v) is 8.69. The number of nitrogens with zero attached hydrogens (tertiary/aromatic N) is 1. The molecule has 0 heterocycles. The van der Waals surface area contributed by atoms with Crippen LogP contribution in [0.15, 0.2) is 23.1 Å². The maximum atomic E-state index is 13.0. The van der Waals surface area contributed by atoms with Gasteiger partial charge in [0.1, 0.15) is 0 Å². The lowest BCUT2D eigenvalue weighted by Gasteiger charge is -2.29. The predicted octanol–water partition coefficient (Wildman–Crippen LogP) is 2.01. The van der Waals surface area contributed by atoms with Crippen molar-refractivity contribution in [2.45, 2.75) is 37.6 Å². The molecule has 2 N–H and O–H groups in total. The van der Waals surface area contributed by atoms with Crippen molar-refractivity contribution in [1.82, 2.24) is 4.31 Å². The first kappa shape index (κ1) is 16.3. The van der Waals surface area contributed by atoms with E-state index in [1.54, 1.807) is 36.5 Å². The van der Waals surface area contributed by atoms with Crippen molar-refractivity contribution in [3.8, 4) is 0 Å². The number of rotatable bonds is 7. The van der Waals surface area contributed by atoms with Gasteiger partial charge < -0.3 is 10.5 Å². The van der Waals surface area contributed by atoms with Gasteiger partial charge in [0.05, 0.1) is 11.5 Å². The van der Waals surface area contributed by atoms with Crippen LogP contribution >= 0.6 is 0 Å². The Kier molecular flexibility index (Phi) is 4.91. The molecule has 6 heteroatoms. The number of hydrogen-bond donors (Lipinski definition) is 1. The Morgan fingerprint density at radius 3 is 2.62 bits per heavy atom. The third kappa shape index (κ3) is 3.56. The summed E-state index contributed by atoms with van der Waals surface area (Å²) >= 11 is 0. The predicted molar refractivity (Wildman–Crippen MR) is 83.5 cm³/mol. The van der Waals surface area contributed by atoms with Crippen LogP contribution in [0.3, 0.4) is 0 Å². The molecular formula is C15H24N2O3S. The van der Waals surface area contributed by atoms with Crippen LogP contribution in [0.4, 0.5) is 5.69 Å². The molecule has 2 rings (SSSR count). The zero-order valence-electron chi connectivity index (χ0n) is 12.9. The van der Waals surface area contributed by atoms with E-state index in [-0.39, 0.29) is 6.04 Å². The highest BCUT2D eigenvalue weighted by Gasteiger charge is 2.38. The minimum atomic E-state index is -3.53. The fourth-order valence-corrected chi connectivity index (χ4v) is 4.51. The van der Waals surface area contributed by atoms with Gasteiger partial charge in [0.25, 0.3) is 0 Å². The van der Waals surface area contributed by atoms with E-state index in [0.717, 1.165) is 12.8 Å². The van der Waals surface area contributed by atoms with Gasteiger partial charge in [0.15, 0.2) is 0 Å². The van der Waals surface area contributed by atoms with Crippen molar-refractivity contribution in [3.05, 3.63) is 23.8 Å². The second-order valence-corrected chi connectivity index (χ2v) is 7.57. The summed E-state index contributed by atoms with van der Waals surface area (Å²) in [6, 6.07) is 4.93. The van der Waals surface area contributed by atoms with Gasteiger partial charge >= 0.3 is 0 Å². The maximum absolute atomic E-state index is 13.0. The van der Waals surface area contributed by atoms with Crippen molar-refractivity contribution in [2.24, 2.45) is 5.92 Å². The molecule has 0 bridgehead atoms. The average molecular weight is 312 g/mol. The zero-order valence-corrected chi connectivity index (χ0v) is 13.7. The van der Waals surface area contributed by atoms with Gasteiger partial charge in [-0.1, -0.05) is 0 Å². The van der Waals surface area contributed by atoms with E-state index in [1.807, 2.05) is 6.92 Å². The minimum absolute atomic E-state index is 0.00195. The Morgan fingerprint density at radius 2 is 2.10 bits per heavy atom. The number of methoxy groups -OCH3 is 1. The molecule has 21 heavy (non-hydrogen) atoms. The van der Waals surface area contributed by atoms with Gasteiger partial charge in [-0.3, -0.25) is 0 Å². The molecule has 1 aromatic carbocycles. The molecule has 0 amide bonds. The van der Waals surface area contributed by atoms with Crippen molar-refractivity contribution >= 4 is 15.7 Å². The van der Waals surface area contributed by atoms with Crippen molar-refractivity contribution in [3.63, 3.8) is 0 Å². The molecule has 1 aliphatic rings. The number of benzene rings is 1. The molecule has 1 aromatic rings. The van der Waals surface area contributed by atoms with Crippen molar-refractivity contribution in [2.75, 3.05) is 26.0 Å². The summed E-state index contributed by atoms with van der Waals surface area (Å²) in [6.07, 6.45) is 2.20. The lowest BCUT2D eigenvalue weighted by molar-refractivity contribution is 0.164. The first-order valence-electron chi connectivity index (χ1n) is 7.25. The van der Waals surface area contributed by atoms with Crippen molar-refractivity contribution < 1.29 is 13.2 Å². The number of sulfonamides is 1. The molecule has 1 unspecified atom stereocenters. The van der Waals surface area contributed by atoms with Gasteiger partial charge in [-0.05, 0) is 56.4 Å². The van der Waals surface area contributed by atoms with E-state index in [1.165, 1.54) is 0 Å². The normalized spacial score (nSPS) is 17.1. The smallest absolute Gasteiger partial charge is 0.243 e. The van der Waals surface area contributed by atoms with Crippen LogP contribution in [0.25, 0.3) is 0 Å². The quantitative estimate of drug-likeness (QED) is 0.782. The summed E-state index contributed by atoms with van der Waals surface area (Å²) in [5.41, 5.74) is 6.97. The zero-order chi connectivity index (χ0) is 15.6. The third-order valence-electron chi connectivity index (χ3n) is 4.06. The largest absolute Gasteiger partial charge is 0.399 e. The molecular weight excluding hydrogens is 288 g/mol. The fraction of sp³-hybridized carbons (Fsp3) is 0.600. The standard InChI is InChI=1S/C15H24N2O3S/c1-11-10-14(16)6-7-15(11)21(18,19)17(8-9-20-3)12(2)13-4-5-13/h6-7,10,12-13H,4-5,8-9,16H2,1-3H3. The molecule has 0 aromatic heterocycles. The summed E-state index contributed by atoms with van der Waals surface area (Å²) < 4.78 is 32.6. The minimum Gasteiger partial charge on any atom is -0.399 e. The number of hydrogen-bond acceptors (Lipinski definition) is 4. The van der Waals surface area contributed by atoms with Crippen LogP contribution in [-0.2, 0) is 14.8 Å². The second-order valence-electron chi connectivity index (χ2n) is 5.71. The number of aryl methyl sites for hydroxylation is 1. The van der Waals surface area contributed by atoms with E-state index >= 15 is 0 Å². The summed E-state index contributed by atoms with van der Waals surface area (Å²) in [6.45, 7) is 4.53. The lowest BCUT2D eigenvalue weighted by Crippen LogP contribution is -2.42. The average Bonchev–Trinajstić information content (AvgIpc) is 3.22. The summed E-state index contributed by atoms with van der Waals surface area (Å²) in [5, 5.41) is 0. The Morgan fingerprint density at radius 1 is 1.43 bits per heavy atom. The SMILES string of the molecule is COCCN(C(C)C1CC1)S(=O)(=O)c1ccc(N)cc1C. The summed E-state index contributed by atoms with van der Waals surface area (Å²) in [5.74, 6) is 0.464. The second kappa shape index (κ2) is 6.34. The van der Waals surface area contributed by atoms with Gasteiger partial charge in [-0.2, -0.15) is 4.31 Å².